The third-order valence-electron chi connectivity index (χ3n) is 2.67. The van der Waals surface area contributed by atoms with Crippen LogP contribution in [-0.2, 0) is 4.79 Å². The molecule has 6 heteroatoms. The van der Waals surface area contributed by atoms with Crippen LogP contribution in [0.1, 0.15) is 30.6 Å². The van der Waals surface area contributed by atoms with Crippen LogP contribution in [0.5, 0.6) is 0 Å². The van der Waals surface area contributed by atoms with E-state index in [2.05, 4.69) is 0 Å². The molecule has 0 bridgehead atoms. The normalized spacial score (nSPS) is 10.5. The van der Waals surface area contributed by atoms with Gasteiger partial charge in [0.2, 0.25) is 0 Å². The molecule has 0 aliphatic heterocycles. The Morgan fingerprint density at radius 3 is 2.53 bits per heavy atom. The van der Waals surface area contributed by atoms with Crippen LogP contribution < -0.4 is 5.73 Å². The molecule has 1 aromatic carbocycles. The first-order valence-corrected chi connectivity index (χ1v) is 5.90. The van der Waals surface area contributed by atoms with E-state index in [0.29, 0.717) is 0 Å². The number of benzene rings is 1. The Balaban J connectivity index is 2.95. The molecule has 1 aromatic rings. The number of hydrogen-bond acceptors (Lipinski definition) is 3. The molecule has 104 valence electrons. The molecule has 0 heterocycles. The molecule has 0 fully saturated rings. The van der Waals surface area contributed by atoms with Crippen molar-refractivity contribution >= 4 is 17.6 Å². The number of rotatable bonds is 5. The van der Waals surface area contributed by atoms with Gasteiger partial charge in [-0.2, -0.15) is 0 Å². The van der Waals surface area contributed by atoms with Gasteiger partial charge in [-0.15, -0.1) is 0 Å². The third kappa shape index (κ3) is 3.94. The van der Waals surface area contributed by atoms with Crippen LogP contribution in [0.4, 0.5) is 10.1 Å². The summed E-state index contributed by atoms with van der Waals surface area (Å²) >= 11 is 0. The maximum Gasteiger partial charge on any atom is 0.305 e. The smallest absolute Gasteiger partial charge is 0.305 e. The van der Waals surface area contributed by atoms with Crippen molar-refractivity contribution in [3.63, 3.8) is 0 Å². The average Bonchev–Trinajstić information content (AvgIpc) is 2.27. The Bertz CT molecular complexity index is 489. The summed E-state index contributed by atoms with van der Waals surface area (Å²) in [7, 11) is 0. The summed E-state index contributed by atoms with van der Waals surface area (Å²) in [6, 6.07) is 3.60. The van der Waals surface area contributed by atoms with Crippen molar-refractivity contribution in [2.75, 3.05) is 12.3 Å². The van der Waals surface area contributed by atoms with Gasteiger partial charge >= 0.3 is 5.97 Å². The molecule has 0 unspecified atom stereocenters. The summed E-state index contributed by atoms with van der Waals surface area (Å²) in [4.78, 5) is 24.1. The van der Waals surface area contributed by atoms with E-state index in [1.165, 1.54) is 17.0 Å². The number of carboxylic acid groups (broad SMARTS) is 1. The quantitative estimate of drug-likeness (QED) is 0.797. The topological polar surface area (TPSA) is 83.6 Å². The molecule has 0 spiro atoms. The second-order valence-electron chi connectivity index (χ2n) is 4.48. The SMILES string of the molecule is CC(C)N(CCC(=O)O)C(=O)c1ccc(N)cc1F. The van der Waals surface area contributed by atoms with E-state index in [1.54, 1.807) is 13.8 Å². The van der Waals surface area contributed by atoms with E-state index in [9.17, 15) is 14.0 Å². The number of halogens is 1. The number of hydrogen-bond donors (Lipinski definition) is 2. The number of carbonyl (C=O) groups excluding carboxylic acids is 1. The van der Waals surface area contributed by atoms with Gasteiger partial charge in [-0.1, -0.05) is 0 Å². The summed E-state index contributed by atoms with van der Waals surface area (Å²) in [6.07, 6.45) is -0.180. The number of anilines is 1. The zero-order chi connectivity index (χ0) is 14.6. The fourth-order valence-electron chi connectivity index (χ4n) is 1.67. The van der Waals surface area contributed by atoms with Gasteiger partial charge in [0.15, 0.2) is 0 Å². The molecule has 0 aliphatic carbocycles. The molecule has 3 N–H and O–H groups in total. The largest absolute Gasteiger partial charge is 0.481 e. The van der Waals surface area contributed by atoms with Gasteiger partial charge in [-0.25, -0.2) is 4.39 Å². The Kier molecular flexibility index (Phi) is 4.86. The minimum Gasteiger partial charge on any atom is -0.481 e. The first-order valence-electron chi connectivity index (χ1n) is 5.90. The van der Waals surface area contributed by atoms with Crippen LogP contribution in [0.25, 0.3) is 0 Å². The van der Waals surface area contributed by atoms with E-state index in [1.807, 2.05) is 0 Å². The van der Waals surface area contributed by atoms with Gasteiger partial charge < -0.3 is 15.7 Å². The lowest BCUT2D eigenvalue weighted by Gasteiger charge is -2.26. The van der Waals surface area contributed by atoms with Crippen molar-refractivity contribution < 1.29 is 19.1 Å². The van der Waals surface area contributed by atoms with Crippen LogP contribution in [0, 0.1) is 5.82 Å². The predicted molar refractivity (Wildman–Crippen MR) is 69.2 cm³/mol. The number of carbonyl (C=O) groups is 2. The number of carboxylic acids is 1. The lowest BCUT2D eigenvalue weighted by atomic mass is 10.1. The molecule has 5 nitrogen and oxygen atoms in total. The van der Waals surface area contributed by atoms with E-state index in [0.717, 1.165) is 6.07 Å². The van der Waals surface area contributed by atoms with E-state index in [-0.39, 0.29) is 30.3 Å². The van der Waals surface area contributed by atoms with Gasteiger partial charge in [0.25, 0.3) is 5.91 Å². The molecule has 0 atom stereocenters. The highest BCUT2D eigenvalue weighted by Crippen LogP contribution is 2.16. The zero-order valence-electron chi connectivity index (χ0n) is 10.9. The van der Waals surface area contributed by atoms with E-state index < -0.39 is 17.7 Å². The van der Waals surface area contributed by atoms with Crippen LogP contribution in [0.15, 0.2) is 18.2 Å². The van der Waals surface area contributed by atoms with Crippen molar-refractivity contribution in [1.29, 1.82) is 0 Å². The fraction of sp³-hybridized carbons (Fsp3) is 0.385. The molecular weight excluding hydrogens is 251 g/mol. The van der Waals surface area contributed by atoms with Gasteiger partial charge in [-0.3, -0.25) is 9.59 Å². The minimum atomic E-state index is -1.00. The number of nitrogens with zero attached hydrogens (tertiary/aromatic N) is 1. The van der Waals surface area contributed by atoms with Gasteiger partial charge in [0.05, 0.1) is 12.0 Å². The lowest BCUT2D eigenvalue weighted by molar-refractivity contribution is -0.137. The first kappa shape index (κ1) is 14.9. The number of amides is 1. The van der Waals surface area contributed by atoms with Gasteiger partial charge in [-0.05, 0) is 32.0 Å². The average molecular weight is 268 g/mol. The Morgan fingerprint density at radius 2 is 2.05 bits per heavy atom. The van der Waals surface area contributed by atoms with E-state index in [4.69, 9.17) is 10.8 Å². The van der Waals surface area contributed by atoms with Crippen molar-refractivity contribution in [2.24, 2.45) is 0 Å². The molecule has 0 saturated carbocycles. The lowest BCUT2D eigenvalue weighted by Crippen LogP contribution is -2.38. The van der Waals surface area contributed by atoms with Crippen molar-refractivity contribution in [1.82, 2.24) is 4.90 Å². The summed E-state index contributed by atoms with van der Waals surface area (Å²) in [5, 5.41) is 8.66. The summed E-state index contributed by atoms with van der Waals surface area (Å²) in [5.41, 5.74) is 5.55. The third-order valence-corrected chi connectivity index (χ3v) is 2.67. The summed E-state index contributed by atoms with van der Waals surface area (Å²) in [6.45, 7) is 3.53. The van der Waals surface area contributed by atoms with E-state index >= 15 is 0 Å². The van der Waals surface area contributed by atoms with Crippen molar-refractivity contribution in [3.05, 3.63) is 29.6 Å². The molecule has 1 rings (SSSR count). The second kappa shape index (κ2) is 6.17. The fourth-order valence-corrected chi connectivity index (χ4v) is 1.67. The second-order valence-corrected chi connectivity index (χ2v) is 4.48. The van der Waals surface area contributed by atoms with Crippen LogP contribution in [0.2, 0.25) is 0 Å². The summed E-state index contributed by atoms with van der Waals surface area (Å²) < 4.78 is 13.7. The number of nitrogens with two attached hydrogens (primary N) is 1. The predicted octanol–water partition coefficient (Wildman–Crippen LogP) is 1.73. The molecule has 0 aliphatic rings. The number of aliphatic carboxylic acids is 1. The molecule has 0 radical (unpaired) electrons. The van der Waals surface area contributed by atoms with Crippen LogP contribution in [-0.4, -0.2) is 34.5 Å². The highest BCUT2D eigenvalue weighted by Gasteiger charge is 2.22. The first-order chi connectivity index (χ1) is 8.82. The Hall–Kier alpha value is -2.11. The van der Waals surface area contributed by atoms with Gasteiger partial charge in [0, 0.05) is 18.3 Å². The molecule has 19 heavy (non-hydrogen) atoms. The highest BCUT2D eigenvalue weighted by atomic mass is 19.1. The molecule has 0 aromatic heterocycles. The molecule has 0 saturated heterocycles. The maximum absolute atomic E-state index is 13.7. The summed E-state index contributed by atoms with van der Waals surface area (Å²) in [5.74, 6) is -2.24. The van der Waals surface area contributed by atoms with Crippen LogP contribution >= 0.6 is 0 Å². The maximum atomic E-state index is 13.7. The van der Waals surface area contributed by atoms with Gasteiger partial charge in [0.1, 0.15) is 5.82 Å². The van der Waals surface area contributed by atoms with Crippen molar-refractivity contribution in [3.8, 4) is 0 Å². The minimum absolute atomic E-state index is 0.0374. The number of nitrogen functional groups attached to an aromatic ring is 1. The highest BCUT2D eigenvalue weighted by molar-refractivity contribution is 5.95. The zero-order valence-corrected chi connectivity index (χ0v) is 10.9. The Morgan fingerprint density at radius 1 is 1.42 bits per heavy atom. The van der Waals surface area contributed by atoms with Crippen LogP contribution in [0.3, 0.4) is 0 Å². The monoisotopic (exact) mass is 268 g/mol. The molecular formula is C13H17FN2O3. The molecule has 1 amide bonds. The Labute approximate surface area is 110 Å². The van der Waals surface area contributed by atoms with Crippen molar-refractivity contribution in [2.45, 2.75) is 26.3 Å². The standard InChI is InChI=1S/C13H17FN2O3/c1-8(2)16(6-5-12(17)18)13(19)10-4-3-9(15)7-11(10)14/h3-4,7-8H,5-6,15H2,1-2H3,(H,17,18).